The molecule has 17 heavy (non-hydrogen) atoms. The molecule has 0 unspecified atom stereocenters. The first-order valence-corrected chi connectivity index (χ1v) is 5.02. The smallest absolute Gasteiger partial charge is 0.245 e. The molecule has 0 aromatic carbocycles. The number of aromatic nitrogens is 4. The highest BCUT2D eigenvalue weighted by Crippen LogP contribution is 2.12. The van der Waals surface area contributed by atoms with E-state index < -0.39 is 0 Å². The Hall–Kier alpha value is -2.22. The number of nitrogens with two attached hydrogens (primary N) is 1. The Morgan fingerprint density at radius 3 is 2.82 bits per heavy atom. The maximum Gasteiger partial charge on any atom is 0.245 e. The van der Waals surface area contributed by atoms with Crippen LogP contribution < -0.4 is 16.6 Å². The highest BCUT2D eigenvalue weighted by atomic mass is 16.5. The second-order valence-corrected chi connectivity index (χ2v) is 3.46. The van der Waals surface area contributed by atoms with Crippen LogP contribution in [0.3, 0.4) is 0 Å². The molecule has 0 amide bonds. The van der Waals surface area contributed by atoms with Crippen molar-refractivity contribution >= 4 is 11.8 Å². The summed E-state index contributed by atoms with van der Waals surface area (Å²) in [6.07, 6.45) is 1.67. The summed E-state index contributed by atoms with van der Waals surface area (Å²) in [7, 11) is 0. The van der Waals surface area contributed by atoms with E-state index in [9.17, 15) is 0 Å². The van der Waals surface area contributed by atoms with Gasteiger partial charge in [-0.3, -0.25) is 5.43 Å². The van der Waals surface area contributed by atoms with Crippen molar-refractivity contribution in [3.05, 3.63) is 23.5 Å². The second kappa shape index (κ2) is 4.74. The van der Waals surface area contributed by atoms with E-state index in [0.29, 0.717) is 30.0 Å². The zero-order valence-electron chi connectivity index (χ0n) is 9.56. The largest absolute Gasteiger partial charge is 0.361 e. The number of anilines is 2. The van der Waals surface area contributed by atoms with Crippen molar-refractivity contribution in [2.24, 2.45) is 5.84 Å². The summed E-state index contributed by atoms with van der Waals surface area (Å²) in [6, 6.07) is 0. The fraction of sp³-hybridized carbons (Fsp3) is 0.333. The Morgan fingerprint density at radius 1 is 1.35 bits per heavy atom. The minimum atomic E-state index is 0.347. The standard InChI is InChI=1S/C9H13N7O/c1-5-3-12-9(15-10)14-8(5)11-4-7-13-6(2)16-17-7/h3H,4,10H2,1-2H3,(H2,11,12,14,15). The number of nitrogens with zero attached hydrogens (tertiary/aromatic N) is 4. The van der Waals surface area contributed by atoms with Gasteiger partial charge in [0.2, 0.25) is 11.8 Å². The van der Waals surface area contributed by atoms with Gasteiger partial charge in [0.15, 0.2) is 5.82 Å². The van der Waals surface area contributed by atoms with Crippen LogP contribution in [0, 0.1) is 13.8 Å². The van der Waals surface area contributed by atoms with Gasteiger partial charge in [-0.2, -0.15) is 9.97 Å². The fourth-order valence-corrected chi connectivity index (χ4v) is 1.26. The topological polar surface area (TPSA) is 115 Å². The van der Waals surface area contributed by atoms with Crippen molar-refractivity contribution in [3.8, 4) is 0 Å². The van der Waals surface area contributed by atoms with Crippen molar-refractivity contribution in [1.82, 2.24) is 20.1 Å². The molecule has 2 heterocycles. The van der Waals surface area contributed by atoms with Crippen LogP contribution in [0.4, 0.5) is 11.8 Å². The second-order valence-electron chi connectivity index (χ2n) is 3.46. The van der Waals surface area contributed by atoms with Crippen LogP contribution in [0.2, 0.25) is 0 Å². The molecule has 2 aromatic heterocycles. The van der Waals surface area contributed by atoms with Crippen molar-refractivity contribution in [1.29, 1.82) is 0 Å². The van der Waals surface area contributed by atoms with Gasteiger partial charge in [-0.25, -0.2) is 10.8 Å². The Balaban J connectivity index is 2.07. The van der Waals surface area contributed by atoms with Crippen LogP contribution in [0.15, 0.2) is 10.7 Å². The summed E-state index contributed by atoms with van der Waals surface area (Å²) in [5.41, 5.74) is 3.29. The number of hydrogen-bond donors (Lipinski definition) is 3. The van der Waals surface area contributed by atoms with Gasteiger partial charge < -0.3 is 9.84 Å². The number of hydrogen-bond acceptors (Lipinski definition) is 8. The van der Waals surface area contributed by atoms with Crippen molar-refractivity contribution in [2.75, 3.05) is 10.7 Å². The quantitative estimate of drug-likeness (QED) is 0.514. The molecular formula is C9H13N7O. The summed E-state index contributed by atoms with van der Waals surface area (Å²) < 4.78 is 4.98. The molecule has 0 saturated heterocycles. The van der Waals surface area contributed by atoms with E-state index in [4.69, 9.17) is 10.4 Å². The van der Waals surface area contributed by atoms with Gasteiger partial charge in [0.1, 0.15) is 5.82 Å². The predicted octanol–water partition coefficient (Wildman–Crippen LogP) is 0.374. The van der Waals surface area contributed by atoms with Gasteiger partial charge in [-0.05, 0) is 13.8 Å². The average Bonchev–Trinajstić information content (AvgIpc) is 2.74. The third kappa shape index (κ3) is 2.67. The molecule has 0 radical (unpaired) electrons. The van der Waals surface area contributed by atoms with E-state index in [0.717, 1.165) is 5.56 Å². The first kappa shape index (κ1) is 11.3. The zero-order valence-corrected chi connectivity index (χ0v) is 9.56. The maximum atomic E-state index is 5.24. The maximum absolute atomic E-state index is 5.24. The van der Waals surface area contributed by atoms with Gasteiger partial charge in [-0.15, -0.1) is 0 Å². The van der Waals surface area contributed by atoms with Gasteiger partial charge in [0, 0.05) is 11.8 Å². The molecular weight excluding hydrogens is 222 g/mol. The average molecular weight is 235 g/mol. The van der Waals surface area contributed by atoms with Gasteiger partial charge >= 0.3 is 0 Å². The summed E-state index contributed by atoms with van der Waals surface area (Å²) in [5.74, 6) is 7.36. The lowest BCUT2D eigenvalue weighted by Gasteiger charge is -2.07. The van der Waals surface area contributed by atoms with Gasteiger partial charge in [0.25, 0.3) is 0 Å². The molecule has 4 N–H and O–H groups in total. The monoisotopic (exact) mass is 235 g/mol. The number of nitrogens with one attached hydrogen (secondary N) is 2. The summed E-state index contributed by atoms with van der Waals surface area (Å²) in [5, 5.41) is 6.77. The van der Waals surface area contributed by atoms with Crippen molar-refractivity contribution < 1.29 is 4.52 Å². The van der Waals surface area contributed by atoms with Crippen molar-refractivity contribution in [2.45, 2.75) is 20.4 Å². The lowest BCUT2D eigenvalue weighted by Crippen LogP contribution is -2.12. The van der Waals surface area contributed by atoms with Crippen molar-refractivity contribution in [3.63, 3.8) is 0 Å². The molecule has 8 nitrogen and oxygen atoms in total. The SMILES string of the molecule is Cc1noc(CNc2nc(NN)ncc2C)n1. The number of hydrazine groups is 1. The molecule has 0 aliphatic rings. The van der Waals surface area contributed by atoms with E-state index in [1.807, 2.05) is 6.92 Å². The molecule has 0 spiro atoms. The molecule has 8 heteroatoms. The highest BCUT2D eigenvalue weighted by molar-refractivity contribution is 5.45. The molecule has 0 atom stereocenters. The summed E-state index contributed by atoms with van der Waals surface area (Å²) in [4.78, 5) is 12.2. The predicted molar refractivity (Wildman–Crippen MR) is 60.9 cm³/mol. The third-order valence-electron chi connectivity index (χ3n) is 2.08. The Morgan fingerprint density at radius 2 is 2.18 bits per heavy atom. The van der Waals surface area contributed by atoms with Crippen LogP contribution in [0.25, 0.3) is 0 Å². The Kier molecular flexibility index (Phi) is 3.15. The van der Waals surface area contributed by atoms with E-state index >= 15 is 0 Å². The molecule has 0 aliphatic heterocycles. The molecule has 2 aromatic rings. The molecule has 0 bridgehead atoms. The van der Waals surface area contributed by atoms with E-state index in [1.165, 1.54) is 0 Å². The van der Waals surface area contributed by atoms with Crippen LogP contribution in [0.1, 0.15) is 17.3 Å². The minimum absolute atomic E-state index is 0.347. The van der Waals surface area contributed by atoms with E-state index in [1.54, 1.807) is 13.1 Å². The first-order valence-electron chi connectivity index (χ1n) is 5.02. The number of aryl methyl sites for hydroxylation is 2. The molecule has 2 rings (SSSR count). The van der Waals surface area contributed by atoms with E-state index in [2.05, 4.69) is 30.9 Å². The van der Waals surface area contributed by atoms with Crippen LogP contribution in [-0.4, -0.2) is 20.1 Å². The summed E-state index contributed by atoms with van der Waals surface area (Å²) in [6.45, 7) is 4.06. The molecule has 90 valence electrons. The fourth-order valence-electron chi connectivity index (χ4n) is 1.26. The number of rotatable bonds is 4. The zero-order chi connectivity index (χ0) is 12.3. The Bertz CT molecular complexity index is 510. The van der Waals surface area contributed by atoms with Gasteiger partial charge in [0.05, 0.1) is 6.54 Å². The van der Waals surface area contributed by atoms with Crippen LogP contribution >= 0.6 is 0 Å². The lowest BCUT2D eigenvalue weighted by molar-refractivity contribution is 0.379. The van der Waals surface area contributed by atoms with Gasteiger partial charge in [-0.1, -0.05) is 5.16 Å². The van der Waals surface area contributed by atoms with Crippen LogP contribution in [-0.2, 0) is 6.54 Å². The molecule has 0 fully saturated rings. The third-order valence-corrected chi connectivity index (χ3v) is 2.08. The van der Waals surface area contributed by atoms with E-state index in [-0.39, 0.29) is 0 Å². The minimum Gasteiger partial charge on any atom is -0.361 e. The summed E-state index contributed by atoms with van der Waals surface area (Å²) >= 11 is 0. The lowest BCUT2D eigenvalue weighted by atomic mass is 10.3. The Labute approximate surface area is 97.6 Å². The highest BCUT2D eigenvalue weighted by Gasteiger charge is 2.06. The molecule has 0 aliphatic carbocycles. The number of nitrogen functional groups attached to an aromatic ring is 1. The van der Waals surface area contributed by atoms with Crippen LogP contribution in [0.5, 0.6) is 0 Å². The normalized spacial score (nSPS) is 10.3. The molecule has 0 saturated carbocycles. The first-order chi connectivity index (χ1) is 8.19.